The SMILES string of the molecule is CC(=O)c1ccccc1-c1ncc(C(F)(F)F)cc1Cl. The largest absolute Gasteiger partial charge is 0.417 e. The van der Waals surface area contributed by atoms with Crippen molar-refractivity contribution in [2.45, 2.75) is 13.1 Å². The van der Waals surface area contributed by atoms with Crippen LogP contribution in [0, 0.1) is 0 Å². The predicted molar refractivity (Wildman–Crippen MR) is 69.7 cm³/mol. The molecule has 0 atom stereocenters. The van der Waals surface area contributed by atoms with Crippen molar-refractivity contribution in [3.8, 4) is 11.3 Å². The van der Waals surface area contributed by atoms with Gasteiger partial charge in [-0.15, -0.1) is 0 Å². The van der Waals surface area contributed by atoms with Crippen molar-refractivity contribution < 1.29 is 18.0 Å². The summed E-state index contributed by atoms with van der Waals surface area (Å²) in [5.41, 5.74) is 0.0115. The van der Waals surface area contributed by atoms with Crippen LogP contribution in [0.4, 0.5) is 13.2 Å². The summed E-state index contributed by atoms with van der Waals surface area (Å²) >= 11 is 5.87. The second-order valence-electron chi connectivity index (χ2n) is 4.15. The highest BCUT2D eigenvalue weighted by molar-refractivity contribution is 6.33. The van der Waals surface area contributed by atoms with Crippen LogP contribution < -0.4 is 0 Å². The Morgan fingerprint density at radius 2 is 1.90 bits per heavy atom. The quantitative estimate of drug-likeness (QED) is 0.757. The van der Waals surface area contributed by atoms with Gasteiger partial charge in [0.15, 0.2) is 5.78 Å². The Balaban J connectivity index is 2.58. The van der Waals surface area contributed by atoms with Crippen LogP contribution in [0.25, 0.3) is 11.3 Å². The van der Waals surface area contributed by atoms with Crippen molar-refractivity contribution in [1.29, 1.82) is 0 Å². The molecule has 0 spiro atoms. The van der Waals surface area contributed by atoms with Crippen molar-refractivity contribution in [2.75, 3.05) is 0 Å². The summed E-state index contributed by atoms with van der Waals surface area (Å²) in [5.74, 6) is -0.210. The molecule has 0 aliphatic rings. The van der Waals surface area contributed by atoms with E-state index in [9.17, 15) is 18.0 Å². The number of rotatable bonds is 2. The molecule has 0 saturated carbocycles. The molecule has 2 nitrogen and oxygen atoms in total. The molecule has 0 fully saturated rings. The normalized spacial score (nSPS) is 11.4. The fourth-order valence-corrected chi connectivity index (χ4v) is 2.06. The van der Waals surface area contributed by atoms with Crippen LogP contribution in [-0.2, 0) is 6.18 Å². The van der Waals surface area contributed by atoms with Gasteiger partial charge in [-0.1, -0.05) is 35.9 Å². The highest BCUT2D eigenvalue weighted by Crippen LogP contribution is 2.34. The Labute approximate surface area is 118 Å². The van der Waals surface area contributed by atoms with Gasteiger partial charge in [0.05, 0.1) is 16.3 Å². The zero-order valence-corrected chi connectivity index (χ0v) is 11.1. The minimum atomic E-state index is -4.50. The van der Waals surface area contributed by atoms with Gasteiger partial charge in [-0.3, -0.25) is 9.78 Å². The number of Topliss-reactive ketones (excluding diaryl/α,β-unsaturated/α-hetero) is 1. The van der Waals surface area contributed by atoms with E-state index in [1.807, 2.05) is 0 Å². The zero-order valence-electron chi connectivity index (χ0n) is 10.3. The standard InChI is InChI=1S/C14H9ClF3NO/c1-8(20)10-4-2-3-5-11(10)13-12(15)6-9(7-19-13)14(16,17)18/h2-7H,1H3. The number of ketones is 1. The molecule has 0 saturated heterocycles. The number of hydrogen-bond acceptors (Lipinski definition) is 2. The maximum Gasteiger partial charge on any atom is 0.417 e. The van der Waals surface area contributed by atoms with E-state index in [1.165, 1.54) is 6.92 Å². The van der Waals surface area contributed by atoms with E-state index in [1.54, 1.807) is 24.3 Å². The van der Waals surface area contributed by atoms with Gasteiger partial charge in [0.25, 0.3) is 0 Å². The van der Waals surface area contributed by atoms with Gasteiger partial charge in [-0.2, -0.15) is 13.2 Å². The average Bonchev–Trinajstić information content (AvgIpc) is 2.37. The third-order valence-corrected chi connectivity index (χ3v) is 3.02. The molecule has 1 aromatic heterocycles. The minimum Gasteiger partial charge on any atom is -0.294 e. The molecule has 0 unspecified atom stereocenters. The lowest BCUT2D eigenvalue weighted by atomic mass is 10.0. The van der Waals surface area contributed by atoms with E-state index >= 15 is 0 Å². The van der Waals surface area contributed by atoms with E-state index in [4.69, 9.17) is 11.6 Å². The Kier molecular flexibility index (Phi) is 3.81. The first-order valence-electron chi connectivity index (χ1n) is 5.64. The van der Waals surface area contributed by atoms with Crippen molar-refractivity contribution >= 4 is 17.4 Å². The van der Waals surface area contributed by atoms with Crippen LogP contribution in [0.2, 0.25) is 5.02 Å². The molecule has 0 amide bonds. The number of halogens is 4. The number of alkyl halides is 3. The zero-order chi connectivity index (χ0) is 14.9. The lowest BCUT2D eigenvalue weighted by Crippen LogP contribution is -2.06. The monoisotopic (exact) mass is 299 g/mol. The van der Waals surface area contributed by atoms with Crippen molar-refractivity contribution in [3.63, 3.8) is 0 Å². The first-order valence-corrected chi connectivity index (χ1v) is 6.01. The van der Waals surface area contributed by atoms with Crippen LogP contribution in [-0.4, -0.2) is 10.8 Å². The fourth-order valence-electron chi connectivity index (χ4n) is 1.79. The summed E-state index contributed by atoms with van der Waals surface area (Å²) in [6.45, 7) is 1.37. The van der Waals surface area contributed by atoms with Crippen LogP contribution in [0.1, 0.15) is 22.8 Å². The molecule has 0 aliphatic carbocycles. The summed E-state index contributed by atoms with van der Waals surface area (Å²) in [4.78, 5) is 15.3. The summed E-state index contributed by atoms with van der Waals surface area (Å²) in [7, 11) is 0. The van der Waals surface area contributed by atoms with Gasteiger partial charge in [-0.25, -0.2) is 0 Å². The third kappa shape index (κ3) is 2.82. The van der Waals surface area contributed by atoms with Gasteiger partial charge >= 0.3 is 6.18 Å². The topological polar surface area (TPSA) is 30.0 Å². The first kappa shape index (κ1) is 14.5. The molecule has 0 bridgehead atoms. The van der Waals surface area contributed by atoms with E-state index in [-0.39, 0.29) is 16.5 Å². The Morgan fingerprint density at radius 3 is 2.45 bits per heavy atom. The van der Waals surface area contributed by atoms with E-state index in [0.29, 0.717) is 17.3 Å². The van der Waals surface area contributed by atoms with Gasteiger partial charge < -0.3 is 0 Å². The molecule has 0 radical (unpaired) electrons. The maximum absolute atomic E-state index is 12.6. The predicted octanol–water partition coefficient (Wildman–Crippen LogP) is 4.62. The average molecular weight is 300 g/mol. The summed E-state index contributed by atoms with van der Waals surface area (Å²) < 4.78 is 37.7. The second kappa shape index (κ2) is 5.25. The molecule has 1 heterocycles. The number of benzene rings is 1. The first-order chi connectivity index (χ1) is 9.30. The number of pyridine rings is 1. The van der Waals surface area contributed by atoms with Crippen LogP contribution >= 0.6 is 11.6 Å². The summed E-state index contributed by atoms with van der Waals surface area (Å²) in [6.07, 6.45) is -3.80. The lowest BCUT2D eigenvalue weighted by Gasteiger charge is -2.11. The maximum atomic E-state index is 12.6. The molecule has 0 aliphatic heterocycles. The molecular weight excluding hydrogens is 291 g/mol. The smallest absolute Gasteiger partial charge is 0.294 e. The summed E-state index contributed by atoms with van der Waals surface area (Å²) in [5, 5.41) is -0.145. The lowest BCUT2D eigenvalue weighted by molar-refractivity contribution is -0.137. The number of nitrogens with zero attached hydrogens (tertiary/aromatic N) is 1. The van der Waals surface area contributed by atoms with Crippen molar-refractivity contribution in [1.82, 2.24) is 4.98 Å². The minimum absolute atomic E-state index is 0.145. The van der Waals surface area contributed by atoms with Crippen LogP contribution in [0.5, 0.6) is 0 Å². The Bertz CT molecular complexity index is 668. The number of hydrogen-bond donors (Lipinski definition) is 0. The van der Waals surface area contributed by atoms with Gasteiger partial charge in [0, 0.05) is 17.3 Å². The van der Waals surface area contributed by atoms with E-state index in [2.05, 4.69) is 4.98 Å². The molecule has 1 aromatic carbocycles. The Hall–Kier alpha value is -1.88. The molecule has 0 N–H and O–H groups in total. The van der Waals surface area contributed by atoms with Crippen LogP contribution in [0.15, 0.2) is 36.5 Å². The molecular formula is C14H9ClF3NO. The molecule has 2 aromatic rings. The highest BCUT2D eigenvalue weighted by Gasteiger charge is 2.31. The van der Waals surface area contributed by atoms with Crippen molar-refractivity contribution in [2.24, 2.45) is 0 Å². The van der Waals surface area contributed by atoms with E-state index < -0.39 is 11.7 Å². The fraction of sp³-hybridized carbons (Fsp3) is 0.143. The van der Waals surface area contributed by atoms with Gasteiger partial charge in [0.1, 0.15) is 0 Å². The number of aromatic nitrogens is 1. The highest BCUT2D eigenvalue weighted by atomic mass is 35.5. The molecule has 2 rings (SSSR count). The van der Waals surface area contributed by atoms with Crippen molar-refractivity contribution in [3.05, 3.63) is 52.7 Å². The molecule has 6 heteroatoms. The van der Waals surface area contributed by atoms with Gasteiger partial charge in [-0.05, 0) is 13.0 Å². The van der Waals surface area contributed by atoms with E-state index in [0.717, 1.165) is 6.07 Å². The molecule has 20 heavy (non-hydrogen) atoms. The number of carbonyl (C=O) groups excluding carboxylic acids is 1. The number of carbonyl (C=O) groups is 1. The summed E-state index contributed by atoms with van der Waals surface area (Å²) in [6, 6.07) is 7.31. The second-order valence-corrected chi connectivity index (χ2v) is 4.56. The van der Waals surface area contributed by atoms with Gasteiger partial charge in [0.2, 0.25) is 0 Å². The third-order valence-electron chi connectivity index (χ3n) is 2.73. The van der Waals surface area contributed by atoms with Crippen LogP contribution in [0.3, 0.4) is 0 Å². The molecule has 104 valence electrons. The Morgan fingerprint density at radius 1 is 1.25 bits per heavy atom.